The molecule has 0 unspecified atom stereocenters. The number of nitrogens with zero attached hydrogens (tertiary/aromatic N) is 1. The van der Waals surface area contributed by atoms with Gasteiger partial charge in [-0.3, -0.25) is 4.79 Å². The number of ether oxygens (including phenoxy) is 2. The van der Waals surface area contributed by atoms with Gasteiger partial charge in [-0.2, -0.15) is 4.98 Å². The zero-order valence-corrected chi connectivity index (χ0v) is 11.6. The molecule has 0 saturated carbocycles. The lowest BCUT2D eigenvalue weighted by Gasteiger charge is -2.11. The van der Waals surface area contributed by atoms with Gasteiger partial charge in [0.2, 0.25) is 5.88 Å². The molecule has 3 N–H and O–H groups in total. The Morgan fingerprint density at radius 3 is 2.70 bits per heavy atom. The zero-order chi connectivity index (χ0) is 14.7. The van der Waals surface area contributed by atoms with Crippen molar-refractivity contribution in [3.63, 3.8) is 0 Å². The molecule has 0 spiro atoms. The van der Waals surface area contributed by atoms with E-state index >= 15 is 0 Å². The number of methoxy groups -OCH3 is 1. The number of rotatable bonds is 4. The molecule has 2 aromatic rings. The van der Waals surface area contributed by atoms with Crippen LogP contribution < -0.4 is 20.8 Å². The summed E-state index contributed by atoms with van der Waals surface area (Å²) in [6.45, 7) is 3.86. The average Bonchev–Trinajstić information content (AvgIpc) is 2.40. The van der Waals surface area contributed by atoms with E-state index in [2.05, 4.69) is 9.97 Å². The van der Waals surface area contributed by atoms with Crippen LogP contribution in [0.2, 0.25) is 0 Å². The van der Waals surface area contributed by atoms with E-state index in [4.69, 9.17) is 15.2 Å². The molecule has 0 aliphatic heterocycles. The number of H-pyrrole nitrogens is 1. The molecule has 0 fully saturated rings. The molecule has 0 aliphatic carbocycles. The molecule has 106 valence electrons. The number of hydrogen-bond acceptors (Lipinski definition) is 5. The molecular formula is C14H17N3O3. The summed E-state index contributed by atoms with van der Waals surface area (Å²) < 4.78 is 10.7. The van der Waals surface area contributed by atoms with Crippen molar-refractivity contribution in [3.8, 4) is 17.4 Å². The topological polar surface area (TPSA) is 90.2 Å². The normalized spacial score (nSPS) is 10.6. The minimum Gasteiger partial charge on any atom is -0.497 e. The van der Waals surface area contributed by atoms with Gasteiger partial charge >= 0.3 is 0 Å². The predicted octanol–water partition coefficient (Wildman–Crippen LogP) is 2.28. The first kappa shape index (κ1) is 13.9. The van der Waals surface area contributed by atoms with Crippen molar-refractivity contribution in [2.24, 2.45) is 0 Å². The fourth-order valence-electron chi connectivity index (χ4n) is 1.62. The van der Waals surface area contributed by atoms with Crippen molar-refractivity contribution in [1.82, 2.24) is 9.97 Å². The van der Waals surface area contributed by atoms with E-state index in [0.29, 0.717) is 23.0 Å². The van der Waals surface area contributed by atoms with E-state index in [-0.39, 0.29) is 17.4 Å². The largest absolute Gasteiger partial charge is 0.497 e. The van der Waals surface area contributed by atoms with Crippen molar-refractivity contribution < 1.29 is 9.47 Å². The molecule has 6 nitrogen and oxygen atoms in total. The molecule has 1 heterocycles. The van der Waals surface area contributed by atoms with Crippen LogP contribution in [0.15, 0.2) is 29.1 Å². The highest BCUT2D eigenvalue weighted by Crippen LogP contribution is 2.30. The average molecular weight is 275 g/mol. The Kier molecular flexibility index (Phi) is 3.93. The van der Waals surface area contributed by atoms with Crippen molar-refractivity contribution in [1.29, 1.82) is 0 Å². The summed E-state index contributed by atoms with van der Waals surface area (Å²) in [5.41, 5.74) is 6.01. The Hall–Kier alpha value is -2.50. The van der Waals surface area contributed by atoms with Gasteiger partial charge < -0.3 is 20.2 Å². The third-order valence-electron chi connectivity index (χ3n) is 2.72. The van der Waals surface area contributed by atoms with Gasteiger partial charge in [0.15, 0.2) is 5.75 Å². The van der Waals surface area contributed by atoms with Gasteiger partial charge in [0.25, 0.3) is 5.56 Å². The third kappa shape index (κ3) is 3.09. The lowest BCUT2D eigenvalue weighted by atomic mass is 10.2. The highest BCUT2D eigenvalue weighted by molar-refractivity contribution is 5.56. The number of anilines is 1. The minimum atomic E-state index is -0.264. The number of nitrogens with one attached hydrogen (secondary N) is 1. The van der Waals surface area contributed by atoms with E-state index in [1.165, 1.54) is 6.07 Å². The maximum absolute atomic E-state index is 11.6. The highest BCUT2D eigenvalue weighted by atomic mass is 16.5. The van der Waals surface area contributed by atoms with Crippen LogP contribution in [0.1, 0.15) is 25.6 Å². The number of aromatic amines is 1. The molecule has 1 aromatic carbocycles. The summed E-state index contributed by atoms with van der Waals surface area (Å²) in [6, 6.07) is 6.33. The monoisotopic (exact) mass is 275 g/mol. The van der Waals surface area contributed by atoms with E-state index < -0.39 is 0 Å². The Morgan fingerprint density at radius 1 is 1.30 bits per heavy atom. The third-order valence-corrected chi connectivity index (χ3v) is 2.72. The van der Waals surface area contributed by atoms with E-state index in [1.54, 1.807) is 25.3 Å². The minimum absolute atomic E-state index is 0.0916. The van der Waals surface area contributed by atoms with Gasteiger partial charge in [0, 0.05) is 12.0 Å². The zero-order valence-electron chi connectivity index (χ0n) is 11.6. The second-order valence-corrected chi connectivity index (χ2v) is 4.63. The molecule has 6 heteroatoms. The van der Waals surface area contributed by atoms with Crippen molar-refractivity contribution in [2.75, 3.05) is 12.8 Å². The summed E-state index contributed by atoms with van der Waals surface area (Å²) in [5.74, 6) is 1.88. The Balaban J connectivity index is 2.37. The van der Waals surface area contributed by atoms with E-state index in [1.807, 2.05) is 13.8 Å². The van der Waals surface area contributed by atoms with Gasteiger partial charge in [-0.1, -0.05) is 13.8 Å². The number of benzene rings is 1. The second kappa shape index (κ2) is 5.64. The summed E-state index contributed by atoms with van der Waals surface area (Å²) in [4.78, 5) is 18.5. The molecule has 0 radical (unpaired) electrons. The summed E-state index contributed by atoms with van der Waals surface area (Å²) in [5, 5.41) is 0. The van der Waals surface area contributed by atoms with Crippen LogP contribution in [-0.2, 0) is 0 Å². The molecule has 20 heavy (non-hydrogen) atoms. The molecular weight excluding hydrogens is 258 g/mol. The molecule has 0 aliphatic rings. The Labute approximate surface area is 116 Å². The standard InChI is InChI=1S/C14H17N3O3/c1-8(2)14-16-12(18)7-13(17-14)20-11-6-9(19-3)4-5-10(11)15/h4-8H,15H2,1-3H3,(H,16,17,18). The fraction of sp³-hybridized carbons (Fsp3) is 0.286. The number of nitrogen functional groups attached to an aromatic ring is 1. The SMILES string of the molecule is COc1ccc(N)c(Oc2cc(=O)[nH]c(C(C)C)n2)c1. The summed E-state index contributed by atoms with van der Waals surface area (Å²) in [7, 11) is 1.55. The van der Waals surface area contributed by atoms with Gasteiger partial charge in [-0.05, 0) is 12.1 Å². The molecule has 0 bridgehead atoms. The van der Waals surface area contributed by atoms with Crippen LogP contribution in [0.5, 0.6) is 17.4 Å². The predicted molar refractivity (Wildman–Crippen MR) is 76.4 cm³/mol. The Bertz CT molecular complexity index is 665. The first-order valence-electron chi connectivity index (χ1n) is 6.22. The van der Waals surface area contributed by atoms with Crippen LogP contribution in [0.4, 0.5) is 5.69 Å². The van der Waals surface area contributed by atoms with Gasteiger partial charge in [-0.15, -0.1) is 0 Å². The Morgan fingerprint density at radius 2 is 2.05 bits per heavy atom. The fourth-order valence-corrected chi connectivity index (χ4v) is 1.62. The maximum atomic E-state index is 11.6. The van der Waals surface area contributed by atoms with Crippen molar-refractivity contribution in [3.05, 3.63) is 40.4 Å². The number of aromatic nitrogens is 2. The van der Waals surface area contributed by atoms with Crippen LogP contribution in [0, 0.1) is 0 Å². The molecule has 0 amide bonds. The highest BCUT2D eigenvalue weighted by Gasteiger charge is 2.09. The van der Waals surface area contributed by atoms with Gasteiger partial charge in [0.1, 0.15) is 11.6 Å². The second-order valence-electron chi connectivity index (χ2n) is 4.63. The van der Waals surface area contributed by atoms with Crippen LogP contribution in [-0.4, -0.2) is 17.1 Å². The summed E-state index contributed by atoms with van der Waals surface area (Å²) in [6.07, 6.45) is 0. The number of nitrogens with two attached hydrogens (primary N) is 1. The first-order chi connectivity index (χ1) is 9.49. The first-order valence-corrected chi connectivity index (χ1v) is 6.22. The van der Waals surface area contributed by atoms with E-state index in [9.17, 15) is 4.79 Å². The molecule has 2 rings (SSSR count). The van der Waals surface area contributed by atoms with Gasteiger partial charge in [0.05, 0.1) is 18.9 Å². The summed E-state index contributed by atoms with van der Waals surface area (Å²) >= 11 is 0. The maximum Gasteiger partial charge on any atom is 0.254 e. The molecule has 1 aromatic heterocycles. The molecule has 0 atom stereocenters. The quantitative estimate of drug-likeness (QED) is 0.835. The number of hydrogen-bond donors (Lipinski definition) is 2. The lowest BCUT2D eigenvalue weighted by molar-refractivity contribution is 0.407. The van der Waals surface area contributed by atoms with Crippen molar-refractivity contribution >= 4 is 5.69 Å². The van der Waals surface area contributed by atoms with Crippen LogP contribution in [0.25, 0.3) is 0 Å². The lowest BCUT2D eigenvalue weighted by Crippen LogP contribution is -2.12. The smallest absolute Gasteiger partial charge is 0.254 e. The van der Waals surface area contributed by atoms with Crippen LogP contribution in [0.3, 0.4) is 0 Å². The van der Waals surface area contributed by atoms with Gasteiger partial charge in [-0.25, -0.2) is 0 Å². The van der Waals surface area contributed by atoms with Crippen LogP contribution >= 0.6 is 0 Å². The van der Waals surface area contributed by atoms with Crippen molar-refractivity contribution in [2.45, 2.75) is 19.8 Å². The van der Waals surface area contributed by atoms with E-state index in [0.717, 1.165) is 0 Å². The molecule has 0 saturated heterocycles.